The Morgan fingerprint density at radius 1 is 1.45 bits per heavy atom. The van der Waals surface area contributed by atoms with E-state index in [0.29, 0.717) is 23.2 Å². The molecule has 0 unspecified atom stereocenters. The average Bonchev–Trinajstić information content (AvgIpc) is 3.48. The third-order valence-corrected chi connectivity index (χ3v) is 7.10. The number of pyridine rings is 1. The number of nitrogens with two attached hydrogens (primary N) is 1. The number of carbonyl (C=O) groups is 1. The summed E-state index contributed by atoms with van der Waals surface area (Å²) in [4.78, 5) is 29.5. The summed E-state index contributed by atoms with van der Waals surface area (Å²) in [5, 5.41) is 3.08. The van der Waals surface area contributed by atoms with Crippen molar-refractivity contribution >= 4 is 28.5 Å². The Hall–Kier alpha value is -3.23. The topological polar surface area (TPSA) is 125 Å². The number of hydrogen-bond donors (Lipinski definition) is 2. The highest BCUT2D eigenvalue weighted by molar-refractivity contribution is 8.15. The molecule has 1 fully saturated rings. The van der Waals surface area contributed by atoms with Crippen LogP contribution in [-0.2, 0) is 10.3 Å². The summed E-state index contributed by atoms with van der Waals surface area (Å²) < 4.78 is 25.2. The number of nitrogens with zero attached hydrogens (tertiary/aromatic N) is 4. The molecular formula is C22H23FN6O3S. The Balaban J connectivity index is 1.59. The minimum atomic E-state index is -0.933. The fourth-order valence-electron chi connectivity index (χ4n) is 4.26. The van der Waals surface area contributed by atoms with Crippen LogP contribution >= 0.6 is 11.8 Å². The Kier molecular flexibility index (Phi) is 5.99. The zero-order valence-electron chi connectivity index (χ0n) is 18.4. The van der Waals surface area contributed by atoms with E-state index in [9.17, 15) is 9.18 Å². The third-order valence-electron chi connectivity index (χ3n) is 5.83. The summed E-state index contributed by atoms with van der Waals surface area (Å²) in [5.74, 6) is 1.39. The highest BCUT2D eigenvalue weighted by atomic mass is 32.2. The second-order valence-corrected chi connectivity index (χ2v) is 9.54. The Morgan fingerprint density at radius 2 is 2.24 bits per heavy atom. The molecule has 11 heteroatoms. The number of terminal acetylenes is 1. The number of aryl methyl sites for hydroxylation is 1. The van der Waals surface area contributed by atoms with Gasteiger partial charge in [0.2, 0.25) is 11.8 Å². The SMILES string of the molecule is C#CCOc1cnc(C(=O)Nc2cnc(F)c([C@]3(C)N=C(N)S[C@@]4(COC)C[C@H]43)c2)c(C)n1. The Morgan fingerprint density at radius 3 is 2.94 bits per heavy atom. The predicted molar refractivity (Wildman–Crippen MR) is 123 cm³/mol. The van der Waals surface area contributed by atoms with Crippen molar-refractivity contribution in [3.05, 3.63) is 41.4 Å². The van der Waals surface area contributed by atoms with E-state index in [1.165, 1.54) is 30.2 Å². The summed E-state index contributed by atoms with van der Waals surface area (Å²) in [6.45, 7) is 3.98. The van der Waals surface area contributed by atoms with Crippen molar-refractivity contribution in [1.29, 1.82) is 0 Å². The fourth-order valence-corrected chi connectivity index (χ4v) is 5.71. The molecule has 0 aromatic carbocycles. The van der Waals surface area contributed by atoms with Gasteiger partial charge in [-0.1, -0.05) is 17.7 Å². The summed E-state index contributed by atoms with van der Waals surface area (Å²) in [6, 6.07) is 1.54. The lowest BCUT2D eigenvalue weighted by molar-refractivity contribution is 0.102. The van der Waals surface area contributed by atoms with Crippen LogP contribution in [0.2, 0.25) is 0 Å². The molecule has 3 heterocycles. The molecule has 0 spiro atoms. The van der Waals surface area contributed by atoms with Gasteiger partial charge in [0.25, 0.3) is 5.91 Å². The summed E-state index contributed by atoms with van der Waals surface area (Å²) in [7, 11) is 1.63. The second-order valence-electron chi connectivity index (χ2n) is 8.11. The maximum absolute atomic E-state index is 14.9. The van der Waals surface area contributed by atoms with Crippen LogP contribution in [-0.4, -0.2) is 51.1 Å². The first-order valence-corrected chi connectivity index (χ1v) is 10.9. The second kappa shape index (κ2) is 8.61. The van der Waals surface area contributed by atoms with Crippen LogP contribution in [0.5, 0.6) is 5.88 Å². The van der Waals surface area contributed by atoms with Crippen molar-refractivity contribution in [2.75, 3.05) is 25.6 Å². The number of carbonyl (C=O) groups excluding carboxylic acids is 1. The molecule has 1 saturated carbocycles. The van der Waals surface area contributed by atoms with E-state index in [1.807, 2.05) is 6.92 Å². The maximum Gasteiger partial charge on any atom is 0.276 e. The lowest BCUT2D eigenvalue weighted by atomic mass is 9.86. The molecule has 2 aliphatic rings. The number of methoxy groups -OCH3 is 1. The number of aliphatic imine (C=N–C) groups is 1. The monoisotopic (exact) mass is 470 g/mol. The zero-order chi connectivity index (χ0) is 23.8. The zero-order valence-corrected chi connectivity index (χ0v) is 19.2. The number of hydrogen-bond acceptors (Lipinski definition) is 9. The van der Waals surface area contributed by atoms with Gasteiger partial charge in [-0.2, -0.15) is 4.39 Å². The smallest absolute Gasteiger partial charge is 0.276 e. The summed E-state index contributed by atoms with van der Waals surface area (Å²) in [5.41, 5.74) is 6.17. The number of anilines is 1. The maximum atomic E-state index is 14.9. The standard InChI is InChI=1S/C22H23FN6O3S/c1-5-6-32-16-10-25-17(12(2)27-16)19(30)28-13-7-14(18(23)26-9-13)21(3)15-8-22(15,11-31-4)33-20(24)29-21/h1,7,9-10,15H,6,8,11H2,2-4H3,(H2,24,29)(H,28,30)/t15-,21-,22+/m0/s1. The van der Waals surface area contributed by atoms with E-state index in [1.54, 1.807) is 14.0 Å². The van der Waals surface area contributed by atoms with Crippen LogP contribution in [0, 0.1) is 31.1 Å². The van der Waals surface area contributed by atoms with Gasteiger partial charge in [-0.15, -0.1) is 6.42 Å². The van der Waals surface area contributed by atoms with Crippen LogP contribution in [0.25, 0.3) is 0 Å². The van der Waals surface area contributed by atoms with Crippen LogP contribution in [0.4, 0.5) is 10.1 Å². The molecule has 1 aliphatic heterocycles. The number of aromatic nitrogens is 3. The molecule has 1 amide bonds. The first-order valence-electron chi connectivity index (χ1n) is 10.1. The Bertz CT molecular complexity index is 1190. The molecule has 1 aliphatic carbocycles. The molecule has 172 valence electrons. The van der Waals surface area contributed by atoms with Gasteiger partial charge in [-0.25, -0.2) is 15.0 Å². The van der Waals surface area contributed by atoms with Gasteiger partial charge in [0.05, 0.1) is 40.7 Å². The van der Waals surface area contributed by atoms with Crippen molar-refractivity contribution in [2.45, 2.75) is 30.6 Å². The van der Waals surface area contributed by atoms with Gasteiger partial charge in [0.15, 0.2) is 11.8 Å². The van der Waals surface area contributed by atoms with E-state index < -0.39 is 17.4 Å². The molecule has 0 radical (unpaired) electrons. The first-order chi connectivity index (χ1) is 15.7. The lowest BCUT2D eigenvalue weighted by Crippen LogP contribution is -2.38. The van der Waals surface area contributed by atoms with Gasteiger partial charge >= 0.3 is 0 Å². The molecule has 2 aromatic rings. The highest BCUT2D eigenvalue weighted by Gasteiger charge is 2.66. The quantitative estimate of drug-likeness (QED) is 0.466. The molecule has 0 bridgehead atoms. The summed E-state index contributed by atoms with van der Waals surface area (Å²) >= 11 is 1.46. The normalized spacial score (nSPS) is 25.4. The van der Waals surface area contributed by atoms with Crippen molar-refractivity contribution in [2.24, 2.45) is 16.6 Å². The van der Waals surface area contributed by atoms with Gasteiger partial charge in [0.1, 0.15) is 5.69 Å². The molecule has 3 N–H and O–H groups in total. The number of ether oxygens (including phenoxy) is 2. The number of fused-ring (bicyclic) bond motifs is 1. The molecule has 2 aromatic heterocycles. The van der Waals surface area contributed by atoms with Crippen LogP contribution < -0.4 is 15.8 Å². The number of nitrogens with one attached hydrogen (secondary N) is 1. The number of thioether (sulfide) groups is 1. The van der Waals surface area contributed by atoms with E-state index in [-0.39, 0.29) is 34.4 Å². The molecule has 0 saturated heterocycles. The molecular weight excluding hydrogens is 447 g/mol. The number of amides is 1. The largest absolute Gasteiger partial charge is 0.463 e. The van der Waals surface area contributed by atoms with Gasteiger partial charge in [0, 0.05) is 18.6 Å². The first kappa shape index (κ1) is 22.9. The number of rotatable bonds is 7. The van der Waals surface area contributed by atoms with E-state index in [4.69, 9.17) is 21.6 Å². The summed E-state index contributed by atoms with van der Waals surface area (Å²) in [6.07, 6.45) is 8.50. The van der Waals surface area contributed by atoms with Crippen LogP contribution in [0.3, 0.4) is 0 Å². The van der Waals surface area contributed by atoms with E-state index in [2.05, 4.69) is 31.2 Å². The number of halogens is 1. The molecule has 3 atom stereocenters. The van der Waals surface area contributed by atoms with E-state index >= 15 is 0 Å². The third kappa shape index (κ3) is 4.24. The fraction of sp³-hybridized carbons (Fsp3) is 0.409. The van der Waals surface area contributed by atoms with Gasteiger partial charge in [-0.05, 0) is 26.3 Å². The minimum Gasteiger partial charge on any atom is -0.463 e. The van der Waals surface area contributed by atoms with Crippen molar-refractivity contribution < 1.29 is 18.7 Å². The van der Waals surface area contributed by atoms with E-state index in [0.717, 1.165) is 6.42 Å². The molecule has 33 heavy (non-hydrogen) atoms. The van der Waals surface area contributed by atoms with Gasteiger partial charge < -0.3 is 20.5 Å². The number of amidine groups is 1. The van der Waals surface area contributed by atoms with Crippen molar-refractivity contribution in [3.63, 3.8) is 0 Å². The van der Waals surface area contributed by atoms with Crippen molar-refractivity contribution in [3.8, 4) is 18.2 Å². The Labute approximate surface area is 194 Å². The highest BCUT2D eigenvalue weighted by Crippen LogP contribution is 2.65. The van der Waals surface area contributed by atoms with Gasteiger partial charge in [-0.3, -0.25) is 9.79 Å². The molecule has 4 rings (SSSR count). The van der Waals surface area contributed by atoms with Crippen LogP contribution in [0.1, 0.15) is 35.1 Å². The van der Waals surface area contributed by atoms with Crippen molar-refractivity contribution in [1.82, 2.24) is 15.0 Å². The van der Waals surface area contributed by atoms with Crippen LogP contribution in [0.15, 0.2) is 23.5 Å². The minimum absolute atomic E-state index is 0.0215. The molecule has 9 nitrogen and oxygen atoms in total. The average molecular weight is 471 g/mol. The predicted octanol–water partition coefficient (Wildman–Crippen LogP) is 2.27. The lowest BCUT2D eigenvalue weighted by Gasteiger charge is -2.33.